The molecule has 5 nitrogen and oxygen atoms in total. The lowest BCUT2D eigenvalue weighted by Gasteiger charge is -2.17. The van der Waals surface area contributed by atoms with Crippen LogP contribution in [0.2, 0.25) is 0 Å². The van der Waals surface area contributed by atoms with Gasteiger partial charge in [0.05, 0.1) is 0 Å². The van der Waals surface area contributed by atoms with Gasteiger partial charge in [-0.1, -0.05) is 30.3 Å². The van der Waals surface area contributed by atoms with E-state index in [0.717, 1.165) is 10.4 Å². The summed E-state index contributed by atoms with van der Waals surface area (Å²) in [7, 11) is 0. The zero-order valence-corrected chi connectivity index (χ0v) is 12.7. The van der Waals surface area contributed by atoms with Gasteiger partial charge in [0.25, 0.3) is 0 Å². The fourth-order valence-corrected chi connectivity index (χ4v) is 2.70. The molecule has 1 aromatic heterocycles. The van der Waals surface area contributed by atoms with Gasteiger partial charge in [-0.25, -0.2) is 9.78 Å². The number of benzene rings is 1. The molecule has 0 spiro atoms. The average molecular weight is 305 g/mol. The van der Waals surface area contributed by atoms with Gasteiger partial charge in [-0.15, -0.1) is 11.3 Å². The van der Waals surface area contributed by atoms with Crippen molar-refractivity contribution in [1.29, 1.82) is 0 Å². The zero-order chi connectivity index (χ0) is 15.1. The van der Waals surface area contributed by atoms with Crippen LogP contribution in [0, 0.1) is 6.92 Å². The Kier molecular flexibility index (Phi) is 5.71. The standard InChI is InChI=1S/C15H19N3O2S/c1-11-9-17-15(21-11)18-14(20)16-10-13(7-8-19)12-5-3-2-4-6-12/h2-6,9,13,19H,7-8,10H2,1H3,(H2,16,17,18,20). The van der Waals surface area contributed by atoms with E-state index in [4.69, 9.17) is 5.11 Å². The third kappa shape index (κ3) is 4.84. The number of urea groups is 1. The van der Waals surface area contributed by atoms with Crippen LogP contribution in [0.5, 0.6) is 0 Å². The Labute approximate surface area is 128 Å². The molecule has 0 aliphatic carbocycles. The predicted octanol–water partition coefficient (Wildman–Crippen LogP) is 2.74. The second-order valence-corrected chi connectivity index (χ2v) is 5.97. The Balaban J connectivity index is 1.88. The first kappa shape index (κ1) is 15.5. The van der Waals surface area contributed by atoms with Gasteiger partial charge in [-0.2, -0.15) is 0 Å². The maximum atomic E-state index is 11.8. The molecule has 0 bridgehead atoms. The summed E-state index contributed by atoms with van der Waals surface area (Å²) in [5.74, 6) is 0.0972. The minimum Gasteiger partial charge on any atom is -0.396 e. The van der Waals surface area contributed by atoms with E-state index < -0.39 is 0 Å². The van der Waals surface area contributed by atoms with Crippen molar-refractivity contribution in [1.82, 2.24) is 10.3 Å². The predicted molar refractivity (Wildman–Crippen MR) is 84.8 cm³/mol. The molecule has 1 unspecified atom stereocenters. The first-order valence-electron chi connectivity index (χ1n) is 6.82. The molecule has 0 aliphatic rings. The topological polar surface area (TPSA) is 74.2 Å². The first-order valence-corrected chi connectivity index (χ1v) is 7.63. The van der Waals surface area contributed by atoms with Gasteiger partial charge in [0, 0.05) is 30.1 Å². The molecule has 2 amide bonds. The monoisotopic (exact) mass is 305 g/mol. The molecule has 6 heteroatoms. The van der Waals surface area contributed by atoms with Crippen molar-refractivity contribution in [3.05, 3.63) is 47.0 Å². The lowest BCUT2D eigenvalue weighted by Crippen LogP contribution is -2.32. The van der Waals surface area contributed by atoms with Gasteiger partial charge in [0.2, 0.25) is 0 Å². The molecule has 1 aromatic carbocycles. The van der Waals surface area contributed by atoms with E-state index >= 15 is 0 Å². The number of anilines is 1. The number of aryl methyl sites for hydroxylation is 1. The van der Waals surface area contributed by atoms with Crippen LogP contribution >= 0.6 is 11.3 Å². The highest BCUT2D eigenvalue weighted by atomic mass is 32.1. The summed E-state index contributed by atoms with van der Waals surface area (Å²) in [5, 5.41) is 15.3. The van der Waals surface area contributed by atoms with Crippen LogP contribution in [-0.4, -0.2) is 29.3 Å². The highest BCUT2D eigenvalue weighted by Gasteiger charge is 2.13. The molecule has 2 rings (SSSR count). The molecule has 0 saturated heterocycles. The lowest BCUT2D eigenvalue weighted by molar-refractivity contribution is 0.248. The van der Waals surface area contributed by atoms with Gasteiger partial charge in [-0.05, 0) is 18.9 Å². The van der Waals surface area contributed by atoms with E-state index in [1.807, 2.05) is 37.3 Å². The molecule has 112 valence electrons. The summed E-state index contributed by atoms with van der Waals surface area (Å²) in [6, 6.07) is 9.60. The number of carbonyl (C=O) groups is 1. The fourth-order valence-electron chi connectivity index (χ4n) is 2.04. The van der Waals surface area contributed by atoms with Crippen LogP contribution in [0.3, 0.4) is 0 Å². The molecule has 3 N–H and O–H groups in total. The Morgan fingerprint density at radius 2 is 2.14 bits per heavy atom. The molecule has 1 atom stereocenters. The Bertz CT molecular complexity index is 571. The zero-order valence-electron chi connectivity index (χ0n) is 11.9. The molecule has 0 aliphatic heterocycles. The summed E-state index contributed by atoms with van der Waals surface area (Å²) in [5.41, 5.74) is 1.11. The Morgan fingerprint density at radius 1 is 1.38 bits per heavy atom. The number of thiazole rings is 1. The summed E-state index contributed by atoms with van der Waals surface area (Å²) < 4.78 is 0. The van der Waals surface area contributed by atoms with Crippen molar-refractivity contribution in [3.63, 3.8) is 0 Å². The Morgan fingerprint density at radius 3 is 2.76 bits per heavy atom. The summed E-state index contributed by atoms with van der Waals surface area (Å²) >= 11 is 1.43. The minimum atomic E-state index is -0.275. The number of hydrogen-bond acceptors (Lipinski definition) is 4. The van der Waals surface area contributed by atoms with E-state index in [1.54, 1.807) is 6.20 Å². The highest BCUT2D eigenvalue weighted by molar-refractivity contribution is 7.15. The number of aliphatic hydroxyl groups excluding tert-OH is 1. The van der Waals surface area contributed by atoms with Gasteiger partial charge in [-0.3, -0.25) is 5.32 Å². The number of nitrogens with zero attached hydrogens (tertiary/aromatic N) is 1. The number of carbonyl (C=O) groups excluding carboxylic acids is 1. The van der Waals surface area contributed by atoms with Crippen molar-refractivity contribution < 1.29 is 9.90 Å². The number of hydrogen-bond donors (Lipinski definition) is 3. The molecule has 0 radical (unpaired) electrons. The molecular formula is C15H19N3O2S. The van der Waals surface area contributed by atoms with Crippen molar-refractivity contribution >= 4 is 22.5 Å². The van der Waals surface area contributed by atoms with Crippen LogP contribution in [0.4, 0.5) is 9.93 Å². The molecular weight excluding hydrogens is 286 g/mol. The number of aliphatic hydroxyl groups is 1. The Hall–Kier alpha value is -1.92. The lowest BCUT2D eigenvalue weighted by atomic mass is 9.96. The van der Waals surface area contributed by atoms with Crippen LogP contribution in [0.1, 0.15) is 22.8 Å². The largest absolute Gasteiger partial charge is 0.396 e. The van der Waals surface area contributed by atoms with Crippen LogP contribution < -0.4 is 10.6 Å². The van der Waals surface area contributed by atoms with Crippen molar-refractivity contribution in [2.75, 3.05) is 18.5 Å². The van der Waals surface area contributed by atoms with Crippen LogP contribution in [-0.2, 0) is 0 Å². The second-order valence-electron chi connectivity index (χ2n) is 4.73. The first-order chi connectivity index (χ1) is 10.2. The summed E-state index contributed by atoms with van der Waals surface area (Å²) in [6.45, 7) is 2.50. The van der Waals surface area contributed by atoms with E-state index in [9.17, 15) is 4.79 Å². The summed E-state index contributed by atoms with van der Waals surface area (Å²) in [6.07, 6.45) is 2.33. The quantitative estimate of drug-likeness (QED) is 0.768. The number of aromatic nitrogens is 1. The highest BCUT2D eigenvalue weighted by Crippen LogP contribution is 2.19. The number of rotatable bonds is 6. The molecule has 2 aromatic rings. The third-order valence-corrected chi connectivity index (χ3v) is 3.93. The van der Waals surface area contributed by atoms with E-state index in [0.29, 0.717) is 18.1 Å². The molecule has 1 heterocycles. The van der Waals surface area contributed by atoms with Gasteiger partial charge in [0.15, 0.2) is 5.13 Å². The van der Waals surface area contributed by atoms with E-state index in [-0.39, 0.29) is 18.6 Å². The molecule has 21 heavy (non-hydrogen) atoms. The number of nitrogens with one attached hydrogen (secondary N) is 2. The van der Waals surface area contributed by atoms with E-state index in [2.05, 4.69) is 15.6 Å². The number of amides is 2. The average Bonchev–Trinajstić information content (AvgIpc) is 2.89. The van der Waals surface area contributed by atoms with Crippen LogP contribution in [0.25, 0.3) is 0 Å². The van der Waals surface area contributed by atoms with Gasteiger partial charge in [0.1, 0.15) is 0 Å². The maximum absolute atomic E-state index is 11.8. The van der Waals surface area contributed by atoms with E-state index in [1.165, 1.54) is 11.3 Å². The van der Waals surface area contributed by atoms with Crippen molar-refractivity contribution in [2.24, 2.45) is 0 Å². The smallest absolute Gasteiger partial charge is 0.321 e. The molecule has 0 fully saturated rings. The second kappa shape index (κ2) is 7.75. The van der Waals surface area contributed by atoms with Gasteiger partial charge >= 0.3 is 6.03 Å². The fraction of sp³-hybridized carbons (Fsp3) is 0.333. The minimum absolute atomic E-state index is 0.0918. The SMILES string of the molecule is Cc1cnc(NC(=O)NCC(CCO)c2ccccc2)s1. The molecule has 0 saturated carbocycles. The third-order valence-electron chi connectivity index (χ3n) is 3.10. The maximum Gasteiger partial charge on any atom is 0.321 e. The normalized spacial score (nSPS) is 11.9. The van der Waals surface area contributed by atoms with Crippen LogP contribution in [0.15, 0.2) is 36.5 Å². The van der Waals surface area contributed by atoms with Gasteiger partial charge < -0.3 is 10.4 Å². The summed E-state index contributed by atoms with van der Waals surface area (Å²) in [4.78, 5) is 17.0. The van der Waals surface area contributed by atoms with Crippen molar-refractivity contribution in [2.45, 2.75) is 19.3 Å². The van der Waals surface area contributed by atoms with Crippen molar-refractivity contribution in [3.8, 4) is 0 Å².